The highest BCUT2D eigenvalue weighted by molar-refractivity contribution is 5.52. The van der Waals surface area contributed by atoms with E-state index in [4.69, 9.17) is 20.1 Å². The molecule has 0 saturated heterocycles. The highest BCUT2D eigenvalue weighted by atomic mass is 16.5. The molecule has 0 bridgehead atoms. The van der Waals surface area contributed by atoms with Gasteiger partial charge in [0.2, 0.25) is 0 Å². The number of aliphatic hydroxyl groups is 1. The van der Waals surface area contributed by atoms with Gasteiger partial charge in [-0.25, -0.2) is 0 Å². The first kappa shape index (κ1) is 20.7. The zero-order valence-corrected chi connectivity index (χ0v) is 15.5. The van der Waals surface area contributed by atoms with E-state index < -0.39 is 12.2 Å². The zero-order valence-electron chi connectivity index (χ0n) is 15.5. The van der Waals surface area contributed by atoms with Gasteiger partial charge in [-0.2, -0.15) is 0 Å². The monoisotopic (exact) mass is 416 g/mol. The fourth-order valence-electron chi connectivity index (χ4n) is 3.05. The highest BCUT2D eigenvalue weighted by Gasteiger charge is 2.32. The smallest absolute Gasteiger partial charge is 0.157 e. The summed E-state index contributed by atoms with van der Waals surface area (Å²) >= 11 is 0. The molecule has 1 heterocycles. The number of hydrogen-bond acceptors (Lipinski definition) is 9. The Labute approximate surface area is 170 Å². The molecule has 3 aromatic carbocycles. The quantitative estimate of drug-likeness (QED) is 0.277. The topological polar surface area (TPSA) is 171 Å². The van der Waals surface area contributed by atoms with Crippen molar-refractivity contribution in [2.45, 2.75) is 18.6 Å². The number of ether oxygens (including phenoxy) is 1. The molecular formula is C21H20O9. The van der Waals surface area contributed by atoms with Gasteiger partial charge in [0.1, 0.15) is 40.6 Å². The minimum atomic E-state index is -0.933. The van der Waals surface area contributed by atoms with E-state index >= 15 is 0 Å². The molecule has 0 fully saturated rings. The Kier molecular flexibility index (Phi) is 5.65. The third-order valence-corrected chi connectivity index (χ3v) is 4.40. The molecule has 0 aliphatic carbocycles. The molecule has 4 rings (SSSR count). The van der Waals surface area contributed by atoms with Gasteiger partial charge in [0.05, 0.1) is 6.10 Å². The number of phenolic OH excluding ortho intramolecular Hbond substituents is 7. The summed E-state index contributed by atoms with van der Waals surface area (Å²) in [6.45, 7) is 0. The number of phenols is 7. The van der Waals surface area contributed by atoms with Gasteiger partial charge < -0.3 is 45.6 Å². The van der Waals surface area contributed by atoms with Crippen LogP contribution in [0, 0.1) is 0 Å². The Hall–Kier alpha value is -3.98. The summed E-state index contributed by atoms with van der Waals surface area (Å²) < 4.78 is 5.62. The molecule has 1 aliphatic heterocycles. The van der Waals surface area contributed by atoms with E-state index in [1.165, 1.54) is 30.3 Å². The predicted molar refractivity (Wildman–Crippen MR) is 104 cm³/mol. The minimum Gasteiger partial charge on any atom is -0.508 e. The lowest BCUT2D eigenvalue weighted by Gasteiger charge is -2.31. The molecule has 30 heavy (non-hydrogen) atoms. The Morgan fingerprint density at radius 1 is 0.633 bits per heavy atom. The summed E-state index contributed by atoms with van der Waals surface area (Å²) in [5, 5.41) is 74.3. The summed E-state index contributed by atoms with van der Waals surface area (Å²) in [7, 11) is 0. The Balaban J connectivity index is 0.000000239. The summed E-state index contributed by atoms with van der Waals surface area (Å²) in [5.74, 6) is -1.03. The average Bonchev–Trinajstić information content (AvgIpc) is 2.64. The van der Waals surface area contributed by atoms with Crippen LogP contribution in [0.3, 0.4) is 0 Å². The van der Waals surface area contributed by atoms with Gasteiger partial charge >= 0.3 is 0 Å². The molecule has 0 amide bonds. The number of rotatable bonds is 1. The van der Waals surface area contributed by atoms with Crippen LogP contribution in [0.2, 0.25) is 0 Å². The van der Waals surface area contributed by atoms with Crippen molar-refractivity contribution >= 4 is 0 Å². The number of benzene rings is 3. The van der Waals surface area contributed by atoms with E-state index in [0.717, 1.165) is 18.2 Å². The van der Waals surface area contributed by atoms with Gasteiger partial charge in [0.25, 0.3) is 0 Å². The Morgan fingerprint density at radius 3 is 1.77 bits per heavy atom. The van der Waals surface area contributed by atoms with Crippen LogP contribution in [0.15, 0.2) is 48.5 Å². The van der Waals surface area contributed by atoms with Crippen molar-refractivity contribution in [1.29, 1.82) is 0 Å². The third-order valence-electron chi connectivity index (χ3n) is 4.40. The van der Waals surface area contributed by atoms with E-state index in [-0.39, 0.29) is 52.4 Å². The molecule has 0 radical (unpaired) electrons. The SMILES string of the molecule is Oc1cc(O)c2c(c1)O[C@H](c1ccc(O)c(O)c1)[C@@H](O)C2.Oc1cc(O)cc(O)c1. The van der Waals surface area contributed by atoms with Crippen LogP contribution < -0.4 is 4.74 Å². The van der Waals surface area contributed by atoms with Crippen LogP contribution in [0.4, 0.5) is 0 Å². The van der Waals surface area contributed by atoms with Crippen LogP contribution in [0.5, 0.6) is 46.0 Å². The van der Waals surface area contributed by atoms with Crippen LogP contribution >= 0.6 is 0 Å². The number of aromatic hydroxyl groups is 7. The molecule has 0 aromatic heterocycles. The van der Waals surface area contributed by atoms with E-state index in [1.807, 2.05) is 0 Å². The largest absolute Gasteiger partial charge is 0.508 e. The van der Waals surface area contributed by atoms with Gasteiger partial charge in [0.15, 0.2) is 11.5 Å². The maximum absolute atomic E-state index is 10.2. The van der Waals surface area contributed by atoms with Gasteiger partial charge in [0, 0.05) is 42.3 Å². The molecule has 9 heteroatoms. The molecular weight excluding hydrogens is 396 g/mol. The molecule has 2 atom stereocenters. The van der Waals surface area contributed by atoms with Gasteiger partial charge in [-0.05, 0) is 17.7 Å². The van der Waals surface area contributed by atoms with Crippen LogP contribution in [-0.4, -0.2) is 47.0 Å². The molecule has 0 spiro atoms. The molecule has 8 N–H and O–H groups in total. The molecule has 158 valence electrons. The van der Waals surface area contributed by atoms with Crippen molar-refractivity contribution in [3.05, 3.63) is 59.7 Å². The number of fused-ring (bicyclic) bond motifs is 1. The normalized spacial score (nSPS) is 17.2. The summed E-state index contributed by atoms with van der Waals surface area (Å²) in [6, 6.07) is 10.1. The molecule has 3 aromatic rings. The van der Waals surface area contributed by atoms with Crippen LogP contribution in [-0.2, 0) is 6.42 Å². The summed E-state index contributed by atoms with van der Waals surface area (Å²) in [6.07, 6.45) is -1.56. The van der Waals surface area contributed by atoms with Crippen molar-refractivity contribution in [1.82, 2.24) is 0 Å². The molecule has 9 nitrogen and oxygen atoms in total. The van der Waals surface area contributed by atoms with Crippen molar-refractivity contribution < 1.29 is 45.6 Å². The standard InChI is InChI=1S/C15H14O6.C6H6O3/c16-8-4-11(18)9-6-13(20)15(21-14(9)5-8)7-1-2-10(17)12(19)3-7;7-4-1-5(8)3-6(9)2-4/h1-5,13,15-20H,6H2;1-3,7-9H/t13-,15+;/m0./s1. The van der Waals surface area contributed by atoms with E-state index in [2.05, 4.69) is 0 Å². The van der Waals surface area contributed by atoms with Crippen molar-refractivity contribution in [3.63, 3.8) is 0 Å². The Bertz CT molecular complexity index is 1010. The minimum absolute atomic E-state index is 0.143. The summed E-state index contributed by atoms with van der Waals surface area (Å²) in [4.78, 5) is 0. The lowest BCUT2D eigenvalue weighted by atomic mass is 9.94. The van der Waals surface area contributed by atoms with Crippen LogP contribution in [0.25, 0.3) is 0 Å². The fraction of sp³-hybridized carbons (Fsp3) is 0.143. The third kappa shape index (κ3) is 4.53. The van der Waals surface area contributed by atoms with Crippen molar-refractivity contribution in [2.75, 3.05) is 0 Å². The van der Waals surface area contributed by atoms with Gasteiger partial charge in [-0.1, -0.05) is 6.07 Å². The first-order chi connectivity index (χ1) is 14.1. The van der Waals surface area contributed by atoms with E-state index in [1.54, 1.807) is 0 Å². The second-order valence-corrected chi connectivity index (χ2v) is 6.71. The second-order valence-electron chi connectivity index (χ2n) is 6.71. The lowest BCUT2D eigenvalue weighted by molar-refractivity contribution is 0.0197. The fourth-order valence-corrected chi connectivity index (χ4v) is 3.05. The van der Waals surface area contributed by atoms with Crippen molar-refractivity contribution in [3.8, 4) is 46.0 Å². The van der Waals surface area contributed by atoms with Crippen LogP contribution in [0.1, 0.15) is 17.2 Å². The number of hydrogen-bond donors (Lipinski definition) is 8. The second kappa shape index (κ2) is 8.18. The van der Waals surface area contributed by atoms with E-state index in [0.29, 0.717) is 11.1 Å². The first-order valence-electron chi connectivity index (χ1n) is 8.77. The Morgan fingerprint density at radius 2 is 1.20 bits per heavy atom. The highest BCUT2D eigenvalue weighted by Crippen LogP contribution is 2.42. The van der Waals surface area contributed by atoms with E-state index in [9.17, 15) is 25.5 Å². The first-order valence-corrected chi connectivity index (χ1v) is 8.77. The maximum atomic E-state index is 10.2. The van der Waals surface area contributed by atoms with Gasteiger partial charge in [-0.15, -0.1) is 0 Å². The van der Waals surface area contributed by atoms with Gasteiger partial charge in [-0.3, -0.25) is 0 Å². The van der Waals surface area contributed by atoms with Crippen molar-refractivity contribution in [2.24, 2.45) is 0 Å². The number of aliphatic hydroxyl groups excluding tert-OH is 1. The summed E-state index contributed by atoms with van der Waals surface area (Å²) in [5.41, 5.74) is 0.894. The lowest BCUT2D eigenvalue weighted by Crippen LogP contribution is -2.30. The zero-order chi connectivity index (χ0) is 22.0. The maximum Gasteiger partial charge on any atom is 0.157 e. The predicted octanol–water partition coefficient (Wildman–Crippen LogP) is 2.35. The molecule has 0 saturated carbocycles. The molecule has 1 aliphatic rings. The average molecular weight is 416 g/mol. The molecule has 0 unspecified atom stereocenters.